The van der Waals surface area contributed by atoms with E-state index in [1.807, 2.05) is 51.1 Å². The molecule has 0 bridgehead atoms. The van der Waals surface area contributed by atoms with Gasteiger partial charge < -0.3 is 4.74 Å². The van der Waals surface area contributed by atoms with Crippen molar-refractivity contribution in [1.82, 2.24) is 0 Å². The second-order valence-corrected chi connectivity index (χ2v) is 8.73. The quantitative estimate of drug-likeness (QED) is 0.625. The highest BCUT2D eigenvalue weighted by Crippen LogP contribution is 2.34. The molecule has 0 saturated carbocycles. The van der Waals surface area contributed by atoms with Gasteiger partial charge in [-0.05, 0) is 74.1 Å². The van der Waals surface area contributed by atoms with Gasteiger partial charge in [0.25, 0.3) is 10.0 Å². The number of ether oxygens (including phenoxy) is 1. The molecule has 0 aromatic heterocycles. The van der Waals surface area contributed by atoms with E-state index in [-0.39, 0.29) is 0 Å². The Morgan fingerprint density at radius 2 is 1.74 bits per heavy atom. The van der Waals surface area contributed by atoms with Crippen LogP contribution in [0.2, 0.25) is 0 Å². The summed E-state index contributed by atoms with van der Waals surface area (Å²) in [4.78, 5) is 0.388. The van der Waals surface area contributed by atoms with E-state index in [0.29, 0.717) is 17.0 Å². The van der Waals surface area contributed by atoms with Gasteiger partial charge in [0.15, 0.2) is 0 Å². The largest absolute Gasteiger partial charge is 0.496 e. The number of sulfonamides is 1. The average Bonchev–Trinajstić information content (AvgIpc) is 2.64. The van der Waals surface area contributed by atoms with E-state index in [1.54, 1.807) is 11.4 Å². The first kappa shape index (κ1) is 21.3. The van der Waals surface area contributed by atoms with Gasteiger partial charge in [0.1, 0.15) is 5.75 Å². The molecule has 0 aliphatic rings. The van der Waals surface area contributed by atoms with Crippen molar-refractivity contribution in [2.45, 2.75) is 58.8 Å². The SMILES string of the molecule is CCCCN(c1cccc(CC)c1)S(=O)(=O)c1c(C)cc(OC)c(C)c1C. The lowest BCUT2D eigenvalue weighted by Crippen LogP contribution is -2.33. The highest BCUT2D eigenvalue weighted by molar-refractivity contribution is 7.93. The summed E-state index contributed by atoms with van der Waals surface area (Å²) in [7, 11) is -2.07. The molecule has 0 amide bonds. The normalized spacial score (nSPS) is 11.5. The van der Waals surface area contributed by atoms with Crippen molar-refractivity contribution in [2.75, 3.05) is 18.0 Å². The van der Waals surface area contributed by atoms with Gasteiger partial charge in [0, 0.05) is 6.54 Å². The summed E-state index contributed by atoms with van der Waals surface area (Å²) in [5, 5.41) is 0. The Kier molecular flexibility index (Phi) is 6.93. The minimum absolute atomic E-state index is 0.388. The van der Waals surface area contributed by atoms with Gasteiger partial charge in [0.2, 0.25) is 0 Å². The second kappa shape index (κ2) is 8.79. The molecule has 27 heavy (non-hydrogen) atoms. The van der Waals surface area contributed by atoms with Crippen LogP contribution in [0.25, 0.3) is 0 Å². The van der Waals surface area contributed by atoms with Crippen LogP contribution in [0.4, 0.5) is 5.69 Å². The van der Waals surface area contributed by atoms with Crippen LogP contribution in [0.1, 0.15) is 48.9 Å². The fourth-order valence-corrected chi connectivity index (χ4v) is 5.35. The fraction of sp³-hybridized carbons (Fsp3) is 0.455. The van der Waals surface area contributed by atoms with E-state index >= 15 is 0 Å². The summed E-state index contributed by atoms with van der Waals surface area (Å²) < 4.78 is 34.4. The first-order chi connectivity index (χ1) is 12.8. The van der Waals surface area contributed by atoms with Crippen LogP contribution >= 0.6 is 0 Å². The maximum Gasteiger partial charge on any atom is 0.264 e. The number of methoxy groups -OCH3 is 1. The predicted molar refractivity (Wildman–Crippen MR) is 112 cm³/mol. The summed E-state index contributed by atoms with van der Waals surface area (Å²) in [6.45, 7) is 10.2. The Hall–Kier alpha value is -2.01. The van der Waals surface area contributed by atoms with Gasteiger partial charge in [-0.1, -0.05) is 32.4 Å². The number of unbranched alkanes of at least 4 members (excludes halogenated alkanes) is 1. The fourth-order valence-electron chi connectivity index (χ4n) is 3.36. The lowest BCUT2D eigenvalue weighted by atomic mass is 10.1. The third kappa shape index (κ3) is 4.29. The van der Waals surface area contributed by atoms with Crippen LogP contribution in [0.3, 0.4) is 0 Å². The zero-order chi connectivity index (χ0) is 20.2. The molecule has 2 aromatic rings. The molecule has 0 unspecified atom stereocenters. The maximum absolute atomic E-state index is 13.7. The van der Waals surface area contributed by atoms with Gasteiger partial charge in [-0.3, -0.25) is 4.31 Å². The van der Waals surface area contributed by atoms with E-state index in [2.05, 4.69) is 13.8 Å². The molecular weight excluding hydrogens is 358 g/mol. The van der Waals surface area contributed by atoms with E-state index in [9.17, 15) is 8.42 Å². The molecule has 4 nitrogen and oxygen atoms in total. The average molecular weight is 390 g/mol. The third-order valence-electron chi connectivity index (χ3n) is 5.07. The number of aryl methyl sites for hydroxylation is 2. The third-order valence-corrected chi connectivity index (χ3v) is 7.19. The number of rotatable bonds is 8. The van der Waals surface area contributed by atoms with E-state index in [4.69, 9.17) is 4.74 Å². The standard InChI is InChI=1S/C22H31NO3S/c1-7-9-13-23(20-12-10-11-19(8-2)15-20)27(24,25)22-16(3)14-21(26-6)17(4)18(22)5/h10-12,14-15H,7-9,13H2,1-6H3. The number of anilines is 1. The molecule has 0 aliphatic heterocycles. The van der Waals surface area contributed by atoms with Gasteiger partial charge in [-0.25, -0.2) is 8.42 Å². The molecule has 0 heterocycles. The van der Waals surface area contributed by atoms with Crippen LogP contribution in [0.15, 0.2) is 35.2 Å². The minimum atomic E-state index is -3.68. The first-order valence-electron chi connectivity index (χ1n) is 9.54. The van der Waals surface area contributed by atoms with Gasteiger partial charge in [0.05, 0.1) is 17.7 Å². The topological polar surface area (TPSA) is 46.6 Å². The van der Waals surface area contributed by atoms with Crippen molar-refractivity contribution in [3.63, 3.8) is 0 Å². The molecule has 0 radical (unpaired) electrons. The Bertz CT molecular complexity index is 904. The smallest absolute Gasteiger partial charge is 0.264 e. The van der Waals surface area contributed by atoms with Gasteiger partial charge in [-0.15, -0.1) is 0 Å². The molecule has 5 heteroatoms. The molecular formula is C22H31NO3S. The van der Waals surface area contributed by atoms with E-state index < -0.39 is 10.0 Å². The zero-order valence-electron chi connectivity index (χ0n) is 17.3. The summed E-state index contributed by atoms with van der Waals surface area (Å²) in [6, 6.07) is 9.64. The van der Waals surface area contributed by atoms with Crippen LogP contribution in [0.5, 0.6) is 5.75 Å². The van der Waals surface area contributed by atoms with Crippen LogP contribution in [-0.4, -0.2) is 22.1 Å². The maximum atomic E-state index is 13.7. The van der Waals surface area contributed by atoms with Gasteiger partial charge in [-0.2, -0.15) is 0 Å². The Morgan fingerprint density at radius 3 is 2.33 bits per heavy atom. The van der Waals surface area contributed by atoms with E-state index in [1.165, 1.54) is 0 Å². The van der Waals surface area contributed by atoms with Crippen molar-refractivity contribution in [3.8, 4) is 5.75 Å². The highest BCUT2D eigenvalue weighted by Gasteiger charge is 2.29. The number of hydrogen-bond acceptors (Lipinski definition) is 3. The first-order valence-corrected chi connectivity index (χ1v) is 11.0. The monoisotopic (exact) mass is 389 g/mol. The molecule has 0 N–H and O–H groups in total. The minimum Gasteiger partial charge on any atom is -0.496 e. The van der Waals surface area contributed by atoms with Crippen LogP contribution < -0.4 is 9.04 Å². The molecule has 148 valence electrons. The Morgan fingerprint density at radius 1 is 1.04 bits per heavy atom. The molecule has 0 atom stereocenters. The van der Waals surface area contributed by atoms with Gasteiger partial charge >= 0.3 is 0 Å². The summed E-state index contributed by atoms with van der Waals surface area (Å²) >= 11 is 0. The Labute approximate surface area is 164 Å². The van der Waals surface area contributed by atoms with Crippen LogP contribution in [0, 0.1) is 20.8 Å². The summed E-state index contributed by atoms with van der Waals surface area (Å²) in [6.07, 6.45) is 2.61. The van der Waals surface area contributed by atoms with Crippen molar-refractivity contribution in [2.24, 2.45) is 0 Å². The van der Waals surface area contributed by atoms with E-state index in [0.717, 1.165) is 47.4 Å². The molecule has 0 fully saturated rings. The molecule has 0 aliphatic carbocycles. The van der Waals surface area contributed by atoms with Crippen LogP contribution in [-0.2, 0) is 16.4 Å². The number of hydrogen-bond donors (Lipinski definition) is 0. The van der Waals surface area contributed by atoms with Crippen molar-refractivity contribution in [1.29, 1.82) is 0 Å². The lowest BCUT2D eigenvalue weighted by Gasteiger charge is -2.27. The summed E-state index contributed by atoms with van der Waals surface area (Å²) in [5.41, 5.74) is 4.18. The number of benzene rings is 2. The second-order valence-electron chi connectivity index (χ2n) is 6.93. The molecule has 2 aromatic carbocycles. The Balaban J connectivity index is 2.66. The molecule has 0 saturated heterocycles. The number of nitrogens with zero attached hydrogens (tertiary/aromatic N) is 1. The van der Waals surface area contributed by atoms with Crippen molar-refractivity contribution in [3.05, 3.63) is 52.6 Å². The molecule has 2 rings (SSSR count). The van der Waals surface area contributed by atoms with Crippen molar-refractivity contribution < 1.29 is 13.2 Å². The zero-order valence-corrected chi connectivity index (χ0v) is 18.1. The lowest BCUT2D eigenvalue weighted by molar-refractivity contribution is 0.410. The highest BCUT2D eigenvalue weighted by atomic mass is 32.2. The predicted octanol–water partition coefficient (Wildman–Crippen LogP) is 5.18. The summed E-state index contributed by atoms with van der Waals surface area (Å²) in [5.74, 6) is 0.719. The van der Waals surface area contributed by atoms with Crippen molar-refractivity contribution >= 4 is 15.7 Å². The molecule has 0 spiro atoms.